The third-order valence-electron chi connectivity index (χ3n) is 3.11. The Hall–Kier alpha value is -2.61. The van der Waals surface area contributed by atoms with Gasteiger partial charge in [0.1, 0.15) is 0 Å². The van der Waals surface area contributed by atoms with Gasteiger partial charge < -0.3 is 10.6 Å². The van der Waals surface area contributed by atoms with Gasteiger partial charge in [-0.05, 0) is 25.1 Å². The second-order valence-corrected chi connectivity index (χ2v) is 6.08. The first-order chi connectivity index (χ1) is 10.6. The highest BCUT2D eigenvalue weighted by Gasteiger charge is 2.06. The molecule has 22 heavy (non-hydrogen) atoms. The predicted octanol–water partition coefficient (Wildman–Crippen LogP) is 2.06. The van der Waals surface area contributed by atoms with Crippen LogP contribution in [0.15, 0.2) is 29.2 Å². The summed E-state index contributed by atoms with van der Waals surface area (Å²) in [6, 6.07) is 5.11. The van der Waals surface area contributed by atoms with Crippen molar-refractivity contribution in [1.29, 1.82) is 0 Å². The number of carbonyl (C=O) groups excluding carboxylic acids is 1. The van der Waals surface area contributed by atoms with Crippen molar-refractivity contribution in [3.8, 4) is 0 Å². The zero-order valence-corrected chi connectivity index (χ0v) is 12.7. The van der Waals surface area contributed by atoms with Crippen LogP contribution in [-0.4, -0.2) is 27.6 Å². The maximum absolute atomic E-state index is 11.9. The highest BCUT2D eigenvalue weighted by atomic mass is 32.1. The van der Waals surface area contributed by atoms with Gasteiger partial charge in [-0.1, -0.05) is 0 Å². The van der Waals surface area contributed by atoms with Crippen molar-refractivity contribution >= 4 is 39.0 Å². The molecule has 0 unspecified atom stereocenters. The third-order valence-corrected chi connectivity index (χ3v) is 3.98. The van der Waals surface area contributed by atoms with Gasteiger partial charge in [0.15, 0.2) is 5.13 Å². The molecule has 0 spiro atoms. The van der Waals surface area contributed by atoms with E-state index in [1.807, 2.05) is 6.92 Å². The molecule has 0 aliphatic carbocycles. The average Bonchev–Trinajstić information content (AvgIpc) is 3.05. The number of fused-ring (bicyclic) bond motifs is 1. The molecule has 0 saturated heterocycles. The highest BCUT2D eigenvalue weighted by Crippen LogP contribution is 2.17. The maximum atomic E-state index is 11.9. The Morgan fingerprint density at radius 1 is 1.36 bits per heavy atom. The SMILES string of the molecule is Cc1cnc(NCCC(=O)Nc2ccc3c(=O)[nH][nH]c3c2)s1. The smallest absolute Gasteiger partial charge is 0.271 e. The van der Waals surface area contributed by atoms with E-state index in [4.69, 9.17) is 0 Å². The van der Waals surface area contributed by atoms with Crippen molar-refractivity contribution in [2.75, 3.05) is 17.2 Å². The second-order valence-electron chi connectivity index (χ2n) is 4.84. The minimum atomic E-state index is -0.171. The summed E-state index contributed by atoms with van der Waals surface area (Å²) in [4.78, 5) is 28.6. The van der Waals surface area contributed by atoms with Crippen molar-refractivity contribution in [3.05, 3.63) is 39.6 Å². The number of aromatic nitrogens is 3. The van der Waals surface area contributed by atoms with Gasteiger partial charge in [-0.3, -0.25) is 19.8 Å². The topological polar surface area (TPSA) is 103 Å². The number of hydrogen-bond acceptors (Lipinski definition) is 5. The molecule has 2 heterocycles. The standard InChI is InChI=1S/C14H15N5O2S/c1-8-7-16-14(22-8)15-5-4-12(20)17-9-2-3-10-11(6-9)18-19-13(10)21/h2-3,6-7H,4-5H2,1H3,(H,15,16)(H,17,20)(H2,18,19,21). The lowest BCUT2D eigenvalue weighted by molar-refractivity contribution is -0.115. The zero-order valence-electron chi connectivity index (χ0n) is 11.9. The number of amides is 1. The summed E-state index contributed by atoms with van der Waals surface area (Å²) in [6.07, 6.45) is 2.13. The number of benzene rings is 1. The average molecular weight is 317 g/mol. The van der Waals surface area contributed by atoms with E-state index in [-0.39, 0.29) is 11.5 Å². The molecule has 3 aromatic rings. The van der Waals surface area contributed by atoms with Gasteiger partial charge in [0.25, 0.3) is 5.56 Å². The first-order valence-electron chi connectivity index (χ1n) is 6.78. The predicted molar refractivity (Wildman–Crippen MR) is 87.5 cm³/mol. The number of nitrogens with zero attached hydrogens (tertiary/aromatic N) is 1. The molecule has 0 fully saturated rings. The molecule has 0 saturated carbocycles. The number of thiazole rings is 1. The van der Waals surface area contributed by atoms with Gasteiger partial charge in [-0.15, -0.1) is 11.3 Å². The van der Waals surface area contributed by atoms with E-state index in [9.17, 15) is 9.59 Å². The Kier molecular flexibility index (Phi) is 3.92. The molecule has 8 heteroatoms. The summed E-state index contributed by atoms with van der Waals surface area (Å²) in [5.41, 5.74) is 1.15. The molecule has 0 radical (unpaired) electrons. The Bertz CT molecular complexity index is 863. The Morgan fingerprint density at radius 3 is 3.00 bits per heavy atom. The van der Waals surface area contributed by atoms with Gasteiger partial charge in [-0.2, -0.15) is 0 Å². The van der Waals surface area contributed by atoms with Crippen LogP contribution in [0.2, 0.25) is 0 Å². The summed E-state index contributed by atoms with van der Waals surface area (Å²) >= 11 is 1.56. The first kappa shape index (κ1) is 14.3. The van der Waals surface area contributed by atoms with Gasteiger partial charge in [0, 0.05) is 29.7 Å². The summed E-state index contributed by atoms with van der Waals surface area (Å²) in [5.74, 6) is -0.0991. The molecular weight excluding hydrogens is 302 g/mol. The molecule has 0 atom stereocenters. The van der Waals surface area contributed by atoms with Crippen LogP contribution in [0.3, 0.4) is 0 Å². The van der Waals surface area contributed by atoms with E-state index in [2.05, 4.69) is 25.8 Å². The Morgan fingerprint density at radius 2 is 2.23 bits per heavy atom. The molecule has 3 rings (SSSR count). The fraction of sp³-hybridized carbons (Fsp3) is 0.214. The number of anilines is 2. The van der Waals surface area contributed by atoms with E-state index in [1.165, 1.54) is 0 Å². The molecule has 0 aliphatic heterocycles. The number of aryl methyl sites for hydroxylation is 1. The van der Waals surface area contributed by atoms with Gasteiger partial charge in [0.2, 0.25) is 5.91 Å². The lowest BCUT2D eigenvalue weighted by Crippen LogP contribution is -2.16. The summed E-state index contributed by atoms with van der Waals surface area (Å²) in [6.45, 7) is 2.50. The maximum Gasteiger partial charge on any atom is 0.271 e. The van der Waals surface area contributed by atoms with Crippen LogP contribution < -0.4 is 16.2 Å². The van der Waals surface area contributed by atoms with Crippen LogP contribution in [0.4, 0.5) is 10.8 Å². The van der Waals surface area contributed by atoms with E-state index < -0.39 is 0 Å². The molecule has 0 bridgehead atoms. The minimum Gasteiger partial charge on any atom is -0.361 e. The summed E-state index contributed by atoms with van der Waals surface area (Å²) in [5, 5.41) is 12.6. The van der Waals surface area contributed by atoms with Crippen LogP contribution in [0.1, 0.15) is 11.3 Å². The fourth-order valence-corrected chi connectivity index (χ4v) is 2.75. The fourth-order valence-electron chi connectivity index (χ4n) is 2.06. The molecule has 114 valence electrons. The van der Waals surface area contributed by atoms with E-state index in [1.54, 1.807) is 35.7 Å². The molecule has 4 N–H and O–H groups in total. The monoisotopic (exact) mass is 317 g/mol. The van der Waals surface area contributed by atoms with Gasteiger partial charge >= 0.3 is 0 Å². The van der Waals surface area contributed by atoms with Crippen molar-refractivity contribution in [2.45, 2.75) is 13.3 Å². The van der Waals surface area contributed by atoms with Gasteiger partial charge in [-0.25, -0.2) is 4.98 Å². The normalized spacial score (nSPS) is 10.8. The molecule has 1 aromatic carbocycles. The first-order valence-corrected chi connectivity index (χ1v) is 7.60. The highest BCUT2D eigenvalue weighted by molar-refractivity contribution is 7.15. The zero-order chi connectivity index (χ0) is 15.5. The molecule has 0 aliphatic rings. The second kappa shape index (κ2) is 6.02. The molecule has 7 nitrogen and oxygen atoms in total. The minimum absolute atomic E-state index is 0.0991. The number of rotatable bonds is 5. The van der Waals surface area contributed by atoms with Crippen molar-refractivity contribution in [2.24, 2.45) is 0 Å². The number of aromatic amines is 2. The van der Waals surface area contributed by atoms with Crippen LogP contribution >= 0.6 is 11.3 Å². The number of hydrogen-bond donors (Lipinski definition) is 4. The largest absolute Gasteiger partial charge is 0.361 e. The van der Waals surface area contributed by atoms with Crippen LogP contribution in [0, 0.1) is 6.92 Å². The lowest BCUT2D eigenvalue weighted by atomic mass is 10.2. The van der Waals surface area contributed by atoms with Crippen molar-refractivity contribution in [3.63, 3.8) is 0 Å². The summed E-state index contributed by atoms with van der Waals surface area (Å²) in [7, 11) is 0. The van der Waals surface area contributed by atoms with Crippen LogP contribution in [0.5, 0.6) is 0 Å². The quantitative estimate of drug-likeness (QED) is 0.578. The Labute approximate surface area is 129 Å². The number of nitrogens with one attached hydrogen (secondary N) is 4. The van der Waals surface area contributed by atoms with E-state index >= 15 is 0 Å². The van der Waals surface area contributed by atoms with Crippen molar-refractivity contribution < 1.29 is 4.79 Å². The molecule has 1 amide bonds. The van der Waals surface area contributed by atoms with Crippen LogP contribution in [0.25, 0.3) is 10.9 Å². The molecule has 2 aromatic heterocycles. The van der Waals surface area contributed by atoms with E-state index in [0.29, 0.717) is 29.6 Å². The number of carbonyl (C=O) groups is 1. The van der Waals surface area contributed by atoms with Crippen molar-refractivity contribution in [1.82, 2.24) is 15.2 Å². The Balaban J connectivity index is 1.55. The number of H-pyrrole nitrogens is 2. The lowest BCUT2D eigenvalue weighted by Gasteiger charge is -2.05. The third kappa shape index (κ3) is 3.17. The molecular formula is C14H15N5O2S. The van der Waals surface area contributed by atoms with Crippen LogP contribution in [-0.2, 0) is 4.79 Å². The van der Waals surface area contributed by atoms with Gasteiger partial charge in [0.05, 0.1) is 10.9 Å². The summed E-state index contributed by atoms with van der Waals surface area (Å²) < 4.78 is 0. The van der Waals surface area contributed by atoms with E-state index in [0.717, 1.165) is 10.0 Å².